The summed E-state index contributed by atoms with van der Waals surface area (Å²) in [6, 6.07) is -1.57. The number of esters is 2. The molecule has 1 aliphatic carbocycles. The molecule has 4 rings (SSSR count). The molecule has 0 aromatic rings. The summed E-state index contributed by atoms with van der Waals surface area (Å²) in [7, 11) is 4.56. The lowest BCUT2D eigenvalue weighted by molar-refractivity contribution is -1.05. The van der Waals surface area contributed by atoms with Gasteiger partial charge in [0.15, 0.2) is 0 Å². The van der Waals surface area contributed by atoms with Crippen LogP contribution in [0.5, 0.6) is 0 Å². The molecule has 4 aliphatic rings. The number of piperidine rings is 1. The molecule has 0 aromatic carbocycles. The molecule has 17 nitrogen and oxygen atoms in total. The number of aliphatic hydroxyl groups is 4. The molecule has 3 heterocycles. The quantitative estimate of drug-likeness (QED) is 0.0508. The third-order valence-electron chi connectivity index (χ3n) is 16.5. The summed E-state index contributed by atoms with van der Waals surface area (Å²) in [4.78, 5) is 70.9. The predicted octanol–water partition coefficient (Wildman–Crippen LogP) is 6.61. The van der Waals surface area contributed by atoms with E-state index in [1.165, 1.54) is 21.1 Å². The van der Waals surface area contributed by atoms with Crippen molar-refractivity contribution in [3.8, 4) is 0 Å². The second kappa shape index (κ2) is 28.0. The van der Waals surface area contributed by atoms with Gasteiger partial charge in [-0.25, -0.2) is 14.8 Å². The molecule has 2 bridgehead atoms. The molecule has 3 fully saturated rings. The Kier molecular flexibility index (Phi) is 23.8. The van der Waals surface area contributed by atoms with Crippen molar-refractivity contribution in [1.29, 1.82) is 0 Å². The van der Waals surface area contributed by atoms with Gasteiger partial charge in [-0.3, -0.25) is 14.4 Å². The minimum absolute atomic E-state index is 0.0319. The van der Waals surface area contributed by atoms with Gasteiger partial charge in [0.05, 0.1) is 31.5 Å². The normalized spacial score (nSPS) is 39.1. The van der Waals surface area contributed by atoms with E-state index >= 15 is 0 Å². The van der Waals surface area contributed by atoms with Crippen LogP contribution in [-0.4, -0.2) is 155 Å². The van der Waals surface area contributed by atoms with E-state index in [9.17, 15) is 49.6 Å². The molecule has 16 atom stereocenters. The summed E-state index contributed by atoms with van der Waals surface area (Å²) >= 11 is 0. The summed E-state index contributed by atoms with van der Waals surface area (Å²) in [5, 5.41) is 55.6. The van der Waals surface area contributed by atoms with Gasteiger partial charge in [-0.05, 0) is 113 Å². The van der Waals surface area contributed by atoms with Gasteiger partial charge in [0.1, 0.15) is 42.2 Å². The number of carbonyl (C=O) groups excluding carboxylic acids is 5. The van der Waals surface area contributed by atoms with Crippen LogP contribution in [0.3, 0.4) is 0 Å². The van der Waals surface area contributed by atoms with E-state index in [-0.39, 0.29) is 55.8 Å². The number of rotatable bonds is 10. The fraction of sp³-hybridized carbons (Fsp3) is 0.737. The van der Waals surface area contributed by atoms with E-state index in [1.807, 2.05) is 45.1 Å². The summed E-state index contributed by atoms with van der Waals surface area (Å²) in [6.45, 7) is 17.1. The van der Waals surface area contributed by atoms with Crippen molar-refractivity contribution in [2.75, 3.05) is 41.1 Å². The number of fused-ring (bicyclic) bond motifs is 3. The lowest BCUT2D eigenvalue weighted by Crippen LogP contribution is -2.68. The van der Waals surface area contributed by atoms with Crippen molar-refractivity contribution in [3.05, 3.63) is 59.8 Å². The Morgan fingerprint density at radius 3 is 2.22 bits per heavy atom. The molecule has 0 spiro atoms. The van der Waals surface area contributed by atoms with E-state index in [0.29, 0.717) is 56.1 Å². The van der Waals surface area contributed by atoms with Crippen molar-refractivity contribution in [1.82, 2.24) is 0 Å². The maximum atomic E-state index is 14.6. The van der Waals surface area contributed by atoms with Crippen molar-refractivity contribution < 1.29 is 82.7 Å². The molecule has 16 unspecified atom stereocenters. The van der Waals surface area contributed by atoms with Crippen LogP contribution in [0.2, 0.25) is 0 Å². The minimum Gasteiger partial charge on any atom is -0.459 e. The van der Waals surface area contributed by atoms with Gasteiger partial charge in [-0.2, -0.15) is 0 Å². The standard InChI is InChI=1S/C57H90NO16/c1-34-18-14-13-15-19-35(2)47(69-10)30-43-23-21-40(7)57(67,74-43)52(63)53(64)58(68)25-17-16-20-44(58)54(65)72-48(31-45(61)37(4)27-39(6)50(62)51(71-12)41(8)36(3)26-34)38(5)28-42-22-24-46(49(29-42)70-11)73-55(66)56(9,32-59)33-60/h13-15,18-19,27,34,36-38,40,42-44,46-51,59-60,62,67-68H,8,16-17,20-26,28-33H2,1-7,9-12H3/q+1/b15-13+,18-14+,35-19+,39-27+. The van der Waals surface area contributed by atoms with Gasteiger partial charge in [-0.1, -0.05) is 77.7 Å². The monoisotopic (exact) mass is 1040 g/mol. The zero-order chi connectivity index (χ0) is 55.3. The zero-order valence-corrected chi connectivity index (χ0v) is 46.0. The van der Waals surface area contributed by atoms with Crippen molar-refractivity contribution >= 4 is 29.4 Å². The maximum Gasteiger partial charge on any atom is 0.420 e. The number of Topliss-reactive ketones (excluding diaryl/α,β-unsaturated/α-hetero) is 2. The highest BCUT2D eigenvalue weighted by Crippen LogP contribution is 2.39. The van der Waals surface area contributed by atoms with E-state index in [1.54, 1.807) is 34.0 Å². The first-order valence-electron chi connectivity index (χ1n) is 26.7. The molecule has 17 heteroatoms. The van der Waals surface area contributed by atoms with Crippen LogP contribution >= 0.6 is 0 Å². The molecule has 0 aromatic heterocycles. The van der Waals surface area contributed by atoms with E-state index in [0.717, 1.165) is 12.0 Å². The molecule has 1 saturated carbocycles. The number of nitrogens with zero attached hydrogens (tertiary/aromatic N) is 1. The number of hydrogen-bond donors (Lipinski definition) is 5. The predicted molar refractivity (Wildman–Crippen MR) is 276 cm³/mol. The topological polar surface area (TPSA) is 242 Å². The Labute approximate surface area is 439 Å². The van der Waals surface area contributed by atoms with Crippen LogP contribution in [0, 0.1) is 40.9 Å². The summed E-state index contributed by atoms with van der Waals surface area (Å²) in [5.41, 5.74) is 0.539. The Morgan fingerprint density at radius 1 is 0.892 bits per heavy atom. The SMILES string of the molecule is C=C1C(C)CC(C)/C=C/C=C/C=C(\C)C(OC)CC2CCC(C)C(O)(O2)C(=O)C(=O)[N+]2(O)CCCCC2C(=O)OC(C(C)CC2CCC(OC(=O)C(C)(CO)CO)C(OC)C2)CC(=O)C(C)/C=C(\C)C(O)C1OC. The third kappa shape index (κ3) is 15.5. The fourth-order valence-corrected chi connectivity index (χ4v) is 11.0. The summed E-state index contributed by atoms with van der Waals surface area (Å²) in [6.07, 6.45) is 9.98. The smallest absolute Gasteiger partial charge is 0.420 e. The number of quaternary nitrogens is 1. The molecule has 74 heavy (non-hydrogen) atoms. The van der Waals surface area contributed by atoms with Gasteiger partial charge in [0.2, 0.25) is 11.8 Å². The van der Waals surface area contributed by atoms with Gasteiger partial charge in [0.25, 0.3) is 0 Å². The van der Waals surface area contributed by atoms with Gasteiger partial charge < -0.3 is 48.8 Å². The summed E-state index contributed by atoms with van der Waals surface area (Å²) < 4.78 is 34.0. The molecular formula is C57H90NO16+. The number of carbonyl (C=O) groups is 5. The fourth-order valence-electron chi connectivity index (χ4n) is 11.0. The highest BCUT2D eigenvalue weighted by atomic mass is 16.6. The van der Waals surface area contributed by atoms with E-state index < -0.39 is 119 Å². The second-order valence-electron chi connectivity index (χ2n) is 22.4. The molecular weight excluding hydrogens is 955 g/mol. The van der Waals surface area contributed by atoms with Crippen LogP contribution in [0.25, 0.3) is 0 Å². The van der Waals surface area contributed by atoms with Crippen molar-refractivity contribution in [2.24, 2.45) is 40.9 Å². The number of ether oxygens (including phenoxy) is 6. The van der Waals surface area contributed by atoms with Crippen molar-refractivity contribution in [2.45, 2.75) is 187 Å². The minimum atomic E-state index is -2.61. The number of ketones is 2. The summed E-state index contributed by atoms with van der Waals surface area (Å²) in [5.74, 6) is -9.52. The third-order valence-corrected chi connectivity index (χ3v) is 16.5. The first-order valence-corrected chi connectivity index (χ1v) is 26.7. The Hall–Kier alpha value is -3.75. The van der Waals surface area contributed by atoms with Gasteiger partial charge in [-0.15, -0.1) is 4.65 Å². The molecule has 418 valence electrons. The lowest BCUT2D eigenvalue weighted by atomic mass is 9.78. The molecule has 2 saturated heterocycles. The van der Waals surface area contributed by atoms with Crippen LogP contribution in [0.4, 0.5) is 0 Å². The average molecular weight is 1050 g/mol. The average Bonchev–Trinajstić information content (AvgIpc) is 3.37. The van der Waals surface area contributed by atoms with Gasteiger partial charge in [0, 0.05) is 58.8 Å². The van der Waals surface area contributed by atoms with Crippen LogP contribution in [0.15, 0.2) is 59.8 Å². The van der Waals surface area contributed by atoms with Gasteiger partial charge >= 0.3 is 23.6 Å². The molecule has 1 amide bonds. The van der Waals surface area contributed by atoms with Crippen LogP contribution in [0.1, 0.15) is 132 Å². The number of methoxy groups -OCH3 is 3. The first kappa shape index (κ1) is 62.8. The molecule has 0 radical (unpaired) electrons. The highest BCUT2D eigenvalue weighted by molar-refractivity contribution is 6.36. The molecule has 5 N–H and O–H groups in total. The highest BCUT2D eigenvalue weighted by Gasteiger charge is 2.61. The first-order chi connectivity index (χ1) is 34.8. The van der Waals surface area contributed by atoms with E-state index in [4.69, 9.17) is 28.4 Å². The Bertz CT molecular complexity index is 2060. The Balaban J connectivity index is 1.72. The number of hydroxylamine groups is 3. The number of allylic oxidation sites excluding steroid dienone is 6. The van der Waals surface area contributed by atoms with Crippen LogP contribution in [-0.2, 0) is 52.4 Å². The number of hydrogen-bond acceptors (Lipinski definition) is 16. The second-order valence-corrected chi connectivity index (χ2v) is 22.4. The molecule has 3 aliphatic heterocycles. The lowest BCUT2D eigenvalue weighted by Gasteiger charge is -2.43. The Morgan fingerprint density at radius 2 is 1.58 bits per heavy atom. The largest absolute Gasteiger partial charge is 0.459 e. The van der Waals surface area contributed by atoms with Crippen molar-refractivity contribution in [3.63, 3.8) is 0 Å². The van der Waals surface area contributed by atoms with Crippen LogP contribution < -0.4 is 0 Å². The zero-order valence-electron chi connectivity index (χ0n) is 46.0. The maximum absolute atomic E-state index is 14.6. The number of amides is 1. The number of cyclic esters (lactones) is 1. The van der Waals surface area contributed by atoms with E-state index in [2.05, 4.69) is 19.6 Å². The number of aliphatic hydroxyl groups excluding tert-OH is 3.